The molecule has 1 saturated heterocycles. The summed E-state index contributed by atoms with van der Waals surface area (Å²) in [6.45, 7) is 8.04. The molecule has 110 valence electrons. The summed E-state index contributed by atoms with van der Waals surface area (Å²) in [6, 6.07) is 7.91. The quantitative estimate of drug-likeness (QED) is 0.842. The molecule has 0 aromatic heterocycles. The molecule has 1 aromatic rings. The first-order valence-corrected chi connectivity index (χ1v) is 7.46. The van der Waals surface area contributed by atoms with Gasteiger partial charge in [-0.05, 0) is 38.1 Å². The van der Waals surface area contributed by atoms with Gasteiger partial charge in [-0.1, -0.05) is 11.6 Å². The van der Waals surface area contributed by atoms with Gasteiger partial charge in [0.15, 0.2) is 6.54 Å². The van der Waals surface area contributed by atoms with Gasteiger partial charge in [0.05, 0.1) is 32.3 Å². The van der Waals surface area contributed by atoms with Crippen LogP contribution in [0, 0.1) is 0 Å². The number of ether oxygens (including phenoxy) is 1. The van der Waals surface area contributed by atoms with Crippen LogP contribution in [0.4, 0.5) is 5.69 Å². The summed E-state index contributed by atoms with van der Waals surface area (Å²) < 4.78 is 5.19. The van der Waals surface area contributed by atoms with E-state index in [2.05, 4.69) is 4.90 Å². The Morgan fingerprint density at radius 1 is 1.30 bits per heavy atom. The predicted octanol–water partition coefficient (Wildman–Crippen LogP) is 0.996. The van der Waals surface area contributed by atoms with Crippen LogP contribution in [-0.4, -0.2) is 44.8 Å². The van der Waals surface area contributed by atoms with E-state index in [9.17, 15) is 4.79 Å². The third-order valence-corrected chi connectivity index (χ3v) is 3.68. The maximum Gasteiger partial charge on any atom is 0.361 e. The average molecular weight is 298 g/mol. The van der Waals surface area contributed by atoms with Crippen molar-refractivity contribution in [3.05, 3.63) is 29.3 Å². The van der Waals surface area contributed by atoms with E-state index in [1.165, 1.54) is 10.6 Å². The maximum absolute atomic E-state index is 11.6. The van der Waals surface area contributed by atoms with Gasteiger partial charge in [0, 0.05) is 10.7 Å². The van der Waals surface area contributed by atoms with Crippen molar-refractivity contribution >= 4 is 23.3 Å². The van der Waals surface area contributed by atoms with E-state index < -0.39 is 0 Å². The first kappa shape index (κ1) is 15.1. The molecule has 0 unspecified atom stereocenters. The number of anilines is 1. The lowest BCUT2D eigenvalue weighted by atomic mass is 10.2. The number of hydrogen-bond acceptors (Lipinski definition) is 3. The van der Waals surface area contributed by atoms with Crippen molar-refractivity contribution in [1.29, 1.82) is 0 Å². The van der Waals surface area contributed by atoms with Gasteiger partial charge in [-0.3, -0.25) is 0 Å². The van der Waals surface area contributed by atoms with Crippen LogP contribution in [0.2, 0.25) is 5.02 Å². The van der Waals surface area contributed by atoms with E-state index in [4.69, 9.17) is 16.3 Å². The third-order valence-electron chi connectivity index (χ3n) is 3.42. The van der Waals surface area contributed by atoms with E-state index in [0.29, 0.717) is 6.54 Å². The van der Waals surface area contributed by atoms with Crippen molar-refractivity contribution in [2.24, 2.45) is 0 Å². The van der Waals surface area contributed by atoms with E-state index in [0.717, 1.165) is 31.2 Å². The highest BCUT2D eigenvalue weighted by molar-refractivity contribution is 6.30. The Morgan fingerprint density at radius 2 is 1.90 bits per heavy atom. The minimum Gasteiger partial charge on any atom is -0.459 e. The molecule has 1 N–H and O–H groups in total. The first-order valence-electron chi connectivity index (χ1n) is 7.08. The number of nitrogens with zero attached hydrogens (tertiary/aromatic N) is 1. The van der Waals surface area contributed by atoms with Crippen molar-refractivity contribution < 1.29 is 14.4 Å². The number of piperazine rings is 1. The van der Waals surface area contributed by atoms with Crippen molar-refractivity contribution in [1.82, 2.24) is 0 Å². The van der Waals surface area contributed by atoms with Crippen LogP contribution >= 0.6 is 11.6 Å². The summed E-state index contributed by atoms with van der Waals surface area (Å²) in [7, 11) is 0. The standard InChI is InChI=1S/C15H21ClN2O2/c1-12(2)20-15(19)11-17-7-9-18(10-8-17)14-5-3-13(16)4-6-14/h3-6,12H,7-11H2,1-2H3/p+1. The number of benzene rings is 1. The van der Waals surface area contributed by atoms with Crippen LogP contribution in [0.1, 0.15) is 13.8 Å². The number of carbonyl (C=O) groups is 1. The minimum absolute atomic E-state index is 0.0303. The molecule has 1 aliphatic rings. The summed E-state index contributed by atoms with van der Waals surface area (Å²) in [5, 5.41) is 0.759. The van der Waals surface area contributed by atoms with Gasteiger partial charge in [-0.2, -0.15) is 0 Å². The molecule has 0 spiro atoms. The molecule has 5 heteroatoms. The van der Waals surface area contributed by atoms with E-state index in [-0.39, 0.29) is 12.1 Å². The summed E-state index contributed by atoms with van der Waals surface area (Å²) in [4.78, 5) is 15.3. The van der Waals surface area contributed by atoms with Crippen LogP contribution in [0.25, 0.3) is 0 Å². The van der Waals surface area contributed by atoms with Gasteiger partial charge in [-0.25, -0.2) is 4.79 Å². The maximum atomic E-state index is 11.6. The van der Waals surface area contributed by atoms with Crippen LogP contribution < -0.4 is 9.80 Å². The third kappa shape index (κ3) is 4.39. The Bertz CT molecular complexity index is 440. The zero-order chi connectivity index (χ0) is 14.5. The molecule has 20 heavy (non-hydrogen) atoms. The molecule has 1 fully saturated rings. The van der Waals surface area contributed by atoms with E-state index in [1.807, 2.05) is 38.1 Å². The van der Waals surface area contributed by atoms with Crippen LogP contribution in [0.5, 0.6) is 0 Å². The Hall–Kier alpha value is -1.26. The minimum atomic E-state index is -0.102. The van der Waals surface area contributed by atoms with Gasteiger partial charge in [0.25, 0.3) is 0 Å². The van der Waals surface area contributed by atoms with Gasteiger partial charge >= 0.3 is 5.97 Å². The van der Waals surface area contributed by atoms with E-state index >= 15 is 0 Å². The summed E-state index contributed by atoms with van der Waals surface area (Å²) in [5.41, 5.74) is 1.19. The highest BCUT2D eigenvalue weighted by atomic mass is 35.5. The molecule has 0 aliphatic carbocycles. The Balaban J connectivity index is 1.80. The van der Waals surface area contributed by atoms with Gasteiger partial charge in [0.1, 0.15) is 0 Å². The number of rotatable bonds is 4. The fraction of sp³-hybridized carbons (Fsp3) is 0.533. The Kier molecular flexibility index (Phi) is 5.26. The largest absolute Gasteiger partial charge is 0.459 e. The topological polar surface area (TPSA) is 34.0 Å². The first-order chi connectivity index (χ1) is 9.54. The fourth-order valence-electron chi connectivity index (χ4n) is 2.42. The number of carbonyl (C=O) groups excluding carboxylic acids is 1. The molecule has 0 bridgehead atoms. The monoisotopic (exact) mass is 297 g/mol. The van der Waals surface area contributed by atoms with E-state index in [1.54, 1.807) is 0 Å². The Morgan fingerprint density at radius 3 is 2.45 bits per heavy atom. The van der Waals surface area contributed by atoms with Crippen molar-refractivity contribution in [2.45, 2.75) is 20.0 Å². The average Bonchev–Trinajstić information content (AvgIpc) is 2.39. The number of nitrogens with one attached hydrogen (secondary N) is 1. The number of esters is 1. The molecular formula is C15H22ClN2O2+. The molecule has 4 nitrogen and oxygen atoms in total. The summed E-state index contributed by atoms with van der Waals surface area (Å²) >= 11 is 5.90. The highest BCUT2D eigenvalue weighted by Crippen LogP contribution is 2.17. The molecule has 0 atom stereocenters. The van der Waals surface area contributed by atoms with Gasteiger partial charge in [-0.15, -0.1) is 0 Å². The molecule has 1 aliphatic heterocycles. The smallest absolute Gasteiger partial charge is 0.361 e. The molecule has 1 aromatic carbocycles. The second-order valence-electron chi connectivity index (χ2n) is 5.43. The highest BCUT2D eigenvalue weighted by Gasteiger charge is 2.23. The number of hydrogen-bond donors (Lipinski definition) is 1. The fourth-order valence-corrected chi connectivity index (χ4v) is 2.54. The molecular weight excluding hydrogens is 276 g/mol. The molecule has 0 amide bonds. The number of quaternary nitrogens is 1. The zero-order valence-corrected chi connectivity index (χ0v) is 12.8. The molecule has 2 rings (SSSR count). The SMILES string of the molecule is CC(C)OC(=O)C[NH+]1CCN(c2ccc(Cl)cc2)CC1. The lowest BCUT2D eigenvalue weighted by molar-refractivity contribution is -0.893. The van der Waals surface area contributed by atoms with Crippen molar-refractivity contribution in [3.8, 4) is 0 Å². The summed E-state index contributed by atoms with van der Waals surface area (Å²) in [6.07, 6.45) is -0.0303. The second kappa shape index (κ2) is 6.95. The van der Waals surface area contributed by atoms with Crippen LogP contribution in [-0.2, 0) is 9.53 Å². The molecule has 0 saturated carbocycles. The molecule has 0 radical (unpaired) electrons. The summed E-state index contributed by atoms with van der Waals surface area (Å²) in [5.74, 6) is -0.102. The lowest BCUT2D eigenvalue weighted by Crippen LogP contribution is -3.15. The van der Waals surface area contributed by atoms with Gasteiger partial charge < -0.3 is 14.5 Å². The van der Waals surface area contributed by atoms with Crippen LogP contribution in [0.3, 0.4) is 0 Å². The van der Waals surface area contributed by atoms with Crippen molar-refractivity contribution in [3.63, 3.8) is 0 Å². The second-order valence-corrected chi connectivity index (χ2v) is 5.87. The predicted molar refractivity (Wildman–Crippen MR) is 80.5 cm³/mol. The van der Waals surface area contributed by atoms with Crippen molar-refractivity contribution in [2.75, 3.05) is 37.6 Å². The lowest BCUT2D eigenvalue weighted by Gasteiger charge is -2.33. The van der Waals surface area contributed by atoms with Gasteiger partial charge in [0.2, 0.25) is 0 Å². The number of halogens is 1. The van der Waals surface area contributed by atoms with Crippen LogP contribution in [0.15, 0.2) is 24.3 Å². The molecule has 1 heterocycles. The zero-order valence-electron chi connectivity index (χ0n) is 12.1. The Labute approximate surface area is 125 Å². The normalized spacial score (nSPS) is 16.5.